The number of carbonyl (C=O) groups excluding carboxylic acids is 2. The molecule has 15 heteroatoms. The Morgan fingerprint density at radius 2 is 0.780 bits per heavy atom. The molecule has 0 bridgehead atoms. The van der Waals surface area contributed by atoms with Crippen LogP contribution in [0.3, 0.4) is 0 Å². The van der Waals surface area contributed by atoms with Gasteiger partial charge in [0.2, 0.25) is 0 Å². The van der Waals surface area contributed by atoms with Gasteiger partial charge in [0.25, 0.3) is 0 Å². The van der Waals surface area contributed by atoms with Crippen LogP contribution in [-0.2, 0) is 24.7 Å². The number of hydrogen-bond donors (Lipinski definition) is 0. The third kappa shape index (κ3) is 7.58. The first-order valence-corrected chi connectivity index (χ1v) is 19.2. The standard InChI is InChI=1S/2C9H3F6O.2C4H9.Sn/c2*10-8(11,12)6-2-1-3-7(5(6)4-16)9(13,14)15;2*1-3-4-2;/h2*1-3H;2*1,3-4H2,2H3;. The molecule has 0 N–H and O–H groups in total. The predicted octanol–water partition coefficient (Wildman–Crippen LogP) is 9.95. The van der Waals surface area contributed by atoms with Crippen LogP contribution in [0, 0.1) is 0 Å². The average molecular weight is 715 g/mol. The Labute approximate surface area is 231 Å². The molecular weight excluding hydrogens is 691 g/mol. The molecule has 0 radical (unpaired) electrons. The normalized spacial score (nSPS) is 13.4. The van der Waals surface area contributed by atoms with Crippen molar-refractivity contribution in [2.75, 3.05) is 0 Å². The Bertz CT molecular complexity index is 1100. The Morgan fingerprint density at radius 1 is 0.537 bits per heavy atom. The zero-order valence-corrected chi connectivity index (χ0v) is 24.4. The van der Waals surface area contributed by atoms with Crippen molar-refractivity contribution in [1.29, 1.82) is 0 Å². The molecule has 0 aromatic heterocycles. The number of halogens is 12. The van der Waals surface area contributed by atoms with Crippen molar-refractivity contribution in [3.63, 3.8) is 0 Å². The summed E-state index contributed by atoms with van der Waals surface area (Å²) in [6, 6.07) is 1.39. The summed E-state index contributed by atoms with van der Waals surface area (Å²) in [5.74, 6) is 0. The molecule has 0 aliphatic rings. The molecule has 0 spiro atoms. The van der Waals surface area contributed by atoms with Crippen LogP contribution < -0.4 is 0 Å². The fourth-order valence-electron chi connectivity index (χ4n) is 4.66. The molecular formula is C26H24F12O2Sn. The van der Waals surface area contributed by atoms with Crippen LogP contribution in [0.1, 0.15) is 82.5 Å². The van der Waals surface area contributed by atoms with Crippen LogP contribution in [0.15, 0.2) is 36.4 Å². The third-order valence-electron chi connectivity index (χ3n) is 6.59. The fourth-order valence-corrected chi connectivity index (χ4v) is 18.3. The molecule has 0 aliphatic heterocycles. The SMILES string of the molecule is CCC[CH2][Sn]([CH2]CCC)([C](=O)c1c(C(F)(F)F)cccc1C(F)(F)F)[C](=O)c1c(C(F)(F)F)cccc1C(F)(F)F. The van der Waals surface area contributed by atoms with E-state index in [2.05, 4.69) is 0 Å². The van der Waals surface area contributed by atoms with Gasteiger partial charge in [-0.05, 0) is 0 Å². The molecule has 0 fully saturated rings. The summed E-state index contributed by atoms with van der Waals surface area (Å²) in [5, 5.41) is 0. The van der Waals surface area contributed by atoms with Crippen molar-refractivity contribution in [2.24, 2.45) is 0 Å². The van der Waals surface area contributed by atoms with Crippen LogP contribution in [0.4, 0.5) is 52.7 Å². The van der Waals surface area contributed by atoms with Gasteiger partial charge in [0.1, 0.15) is 0 Å². The van der Waals surface area contributed by atoms with Crippen LogP contribution in [0.5, 0.6) is 0 Å². The van der Waals surface area contributed by atoms with E-state index in [1.807, 2.05) is 0 Å². The van der Waals surface area contributed by atoms with Crippen LogP contribution in [0.2, 0.25) is 8.87 Å². The van der Waals surface area contributed by atoms with E-state index in [4.69, 9.17) is 0 Å². The van der Waals surface area contributed by atoms with Gasteiger partial charge in [0.15, 0.2) is 0 Å². The van der Waals surface area contributed by atoms with E-state index in [1.165, 1.54) is 13.8 Å². The van der Waals surface area contributed by atoms with Crippen LogP contribution in [0.25, 0.3) is 0 Å². The number of alkyl halides is 12. The average Bonchev–Trinajstić information content (AvgIpc) is 2.85. The van der Waals surface area contributed by atoms with Crippen LogP contribution in [-0.4, -0.2) is 26.0 Å². The topological polar surface area (TPSA) is 34.1 Å². The van der Waals surface area contributed by atoms with Gasteiger partial charge in [0.05, 0.1) is 0 Å². The first-order valence-electron chi connectivity index (χ1n) is 12.3. The van der Waals surface area contributed by atoms with Crippen molar-refractivity contribution in [3.8, 4) is 0 Å². The summed E-state index contributed by atoms with van der Waals surface area (Å²) < 4.78 is 162. The van der Waals surface area contributed by atoms with Crippen molar-refractivity contribution >= 4 is 26.0 Å². The maximum absolute atomic E-state index is 14.1. The van der Waals surface area contributed by atoms with E-state index in [0.29, 0.717) is 12.1 Å². The van der Waals surface area contributed by atoms with Gasteiger partial charge < -0.3 is 0 Å². The van der Waals surface area contributed by atoms with E-state index < -0.39 is 92.9 Å². The summed E-state index contributed by atoms with van der Waals surface area (Å²) in [6.07, 6.45) is -22.4. The van der Waals surface area contributed by atoms with Gasteiger partial charge in [0, 0.05) is 0 Å². The van der Waals surface area contributed by atoms with E-state index in [1.54, 1.807) is 0 Å². The number of unbranched alkanes of at least 4 members (excludes halogenated alkanes) is 2. The Kier molecular flexibility index (Phi) is 10.7. The van der Waals surface area contributed by atoms with Gasteiger partial charge in [-0.3, -0.25) is 0 Å². The zero-order chi connectivity index (χ0) is 31.6. The van der Waals surface area contributed by atoms with Gasteiger partial charge in [-0.1, -0.05) is 0 Å². The van der Waals surface area contributed by atoms with E-state index in [-0.39, 0.29) is 49.9 Å². The van der Waals surface area contributed by atoms with Crippen molar-refractivity contribution in [2.45, 2.75) is 73.1 Å². The summed E-state index contributed by atoms with van der Waals surface area (Å²) in [6.45, 7) is 2.95. The molecule has 0 saturated heterocycles. The summed E-state index contributed by atoms with van der Waals surface area (Å²) >= 11 is -6.33. The quantitative estimate of drug-likeness (QED) is 0.181. The monoisotopic (exact) mass is 716 g/mol. The fraction of sp³-hybridized carbons (Fsp3) is 0.462. The molecule has 0 heterocycles. The number of benzene rings is 2. The molecule has 0 saturated carbocycles. The van der Waals surface area contributed by atoms with E-state index in [0.717, 1.165) is 0 Å². The first-order chi connectivity index (χ1) is 18.6. The predicted molar refractivity (Wildman–Crippen MR) is 127 cm³/mol. The van der Waals surface area contributed by atoms with Crippen molar-refractivity contribution in [1.82, 2.24) is 0 Å². The van der Waals surface area contributed by atoms with Gasteiger partial charge in [-0.15, -0.1) is 0 Å². The second-order valence-electron chi connectivity index (χ2n) is 9.39. The summed E-state index contributed by atoms with van der Waals surface area (Å²) in [5.41, 5.74) is -12.2. The summed E-state index contributed by atoms with van der Waals surface area (Å²) in [7, 11) is 0. The van der Waals surface area contributed by atoms with E-state index in [9.17, 15) is 62.3 Å². The molecule has 0 amide bonds. The third-order valence-corrected chi connectivity index (χ3v) is 19.9. The second kappa shape index (κ2) is 12.5. The minimum absolute atomic E-state index is 0.103. The van der Waals surface area contributed by atoms with Gasteiger partial charge in [-0.25, -0.2) is 0 Å². The molecule has 2 aromatic rings. The van der Waals surface area contributed by atoms with Gasteiger partial charge in [-0.2, -0.15) is 0 Å². The van der Waals surface area contributed by atoms with Crippen LogP contribution >= 0.6 is 0 Å². The molecule has 0 atom stereocenters. The Hall–Kier alpha value is -2.26. The first kappa shape index (κ1) is 34.9. The molecule has 228 valence electrons. The van der Waals surface area contributed by atoms with Gasteiger partial charge >= 0.3 is 231 Å². The second-order valence-corrected chi connectivity index (χ2v) is 21.0. The summed E-state index contributed by atoms with van der Waals surface area (Å²) in [4.78, 5) is 28.1. The molecule has 2 aromatic carbocycles. The Balaban J connectivity index is 3.14. The van der Waals surface area contributed by atoms with E-state index >= 15 is 0 Å². The minimum atomic E-state index is -6.33. The van der Waals surface area contributed by atoms with Crippen molar-refractivity contribution < 1.29 is 62.3 Å². The zero-order valence-electron chi connectivity index (χ0n) is 21.6. The Morgan fingerprint density at radius 3 is 0.976 bits per heavy atom. The molecule has 41 heavy (non-hydrogen) atoms. The number of rotatable bonds is 10. The van der Waals surface area contributed by atoms with Crippen molar-refractivity contribution in [3.05, 3.63) is 69.8 Å². The molecule has 2 rings (SSSR count). The maximum atomic E-state index is 14.1. The molecule has 0 aliphatic carbocycles. The number of carbonyl (C=O) groups is 2. The molecule has 0 unspecified atom stereocenters. The molecule has 2 nitrogen and oxygen atoms in total. The number of hydrogen-bond acceptors (Lipinski definition) is 2.